The summed E-state index contributed by atoms with van der Waals surface area (Å²) < 4.78 is 27.4. The van der Waals surface area contributed by atoms with Crippen molar-refractivity contribution in [3.05, 3.63) is 70.5 Å². The van der Waals surface area contributed by atoms with Crippen LogP contribution in [0.3, 0.4) is 0 Å². The van der Waals surface area contributed by atoms with Crippen molar-refractivity contribution in [1.82, 2.24) is 5.32 Å². The van der Waals surface area contributed by atoms with E-state index in [0.29, 0.717) is 46.2 Å². The SMILES string of the molecule is CCOC(=O)C1=C(C)NC2=C(C(=O)C(C(=O)OCC)C(c3ccco3)C2)C1c1cc(OC)ccc1OC. The molecule has 1 aliphatic heterocycles. The molecule has 3 atom stereocenters. The molecule has 2 aromatic rings. The molecule has 3 unspecified atom stereocenters. The number of carbonyl (C=O) groups excluding carboxylic acids is 3. The predicted molar refractivity (Wildman–Crippen MR) is 133 cm³/mol. The van der Waals surface area contributed by atoms with Crippen LogP contribution in [0.5, 0.6) is 11.5 Å². The molecule has 2 heterocycles. The Kier molecular flexibility index (Phi) is 7.71. The van der Waals surface area contributed by atoms with Crippen molar-refractivity contribution in [2.75, 3.05) is 27.4 Å². The molecule has 0 amide bonds. The Morgan fingerprint density at radius 3 is 2.46 bits per heavy atom. The fraction of sp³-hybridized carbons (Fsp3) is 0.393. The molecule has 4 rings (SSSR count). The van der Waals surface area contributed by atoms with Crippen molar-refractivity contribution >= 4 is 17.7 Å². The lowest BCUT2D eigenvalue weighted by atomic mass is 9.68. The van der Waals surface area contributed by atoms with Gasteiger partial charge in [-0.2, -0.15) is 0 Å². The highest BCUT2D eigenvalue weighted by Crippen LogP contribution is 2.50. The Bertz CT molecular complexity index is 1260. The van der Waals surface area contributed by atoms with Crippen molar-refractivity contribution in [2.24, 2.45) is 5.92 Å². The van der Waals surface area contributed by atoms with Crippen LogP contribution in [0.25, 0.3) is 0 Å². The first-order chi connectivity index (χ1) is 17.9. The number of furan rings is 1. The van der Waals surface area contributed by atoms with Gasteiger partial charge < -0.3 is 28.7 Å². The Labute approximate surface area is 215 Å². The number of ether oxygens (including phenoxy) is 4. The lowest BCUT2D eigenvalue weighted by molar-refractivity contribution is -0.152. The maximum Gasteiger partial charge on any atom is 0.336 e. The minimum atomic E-state index is -1.15. The van der Waals surface area contributed by atoms with Crippen molar-refractivity contribution in [3.8, 4) is 11.5 Å². The predicted octanol–water partition coefficient (Wildman–Crippen LogP) is 4.01. The molecule has 196 valence electrons. The number of ketones is 1. The molecule has 0 saturated carbocycles. The second kappa shape index (κ2) is 10.9. The van der Waals surface area contributed by atoms with Gasteiger partial charge in [0.05, 0.1) is 45.2 Å². The number of nitrogens with one attached hydrogen (secondary N) is 1. The van der Waals surface area contributed by atoms with E-state index in [-0.39, 0.29) is 18.8 Å². The number of benzene rings is 1. The average molecular weight is 510 g/mol. The zero-order chi connectivity index (χ0) is 26.7. The quantitative estimate of drug-likeness (QED) is 0.416. The van der Waals surface area contributed by atoms with Crippen LogP contribution in [0, 0.1) is 5.92 Å². The molecule has 2 aliphatic rings. The first kappa shape index (κ1) is 26.1. The van der Waals surface area contributed by atoms with E-state index in [0.717, 1.165) is 0 Å². The Morgan fingerprint density at radius 2 is 1.84 bits per heavy atom. The van der Waals surface area contributed by atoms with Crippen molar-refractivity contribution in [3.63, 3.8) is 0 Å². The third-order valence-corrected chi connectivity index (χ3v) is 6.71. The smallest absolute Gasteiger partial charge is 0.336 e. The molecule has 1 N–H and O–H groups in total. The van der Waals surface area contributed by atoms with Gasteiger partial charge in [0.1, 0.15) is 23.2 Å². The first-order valence-electron chi connectivity index (χ1n) is 12.2. The summed E-state index contributed by atoms with van der Waals surface area (Å²) in [6, 6.07) is 8.64. The number of esters is 2. The highest BCUT2D eigenvalue weighted by molar-refractivity contribution is 6.13. The molecular weight excluding hydrogens is 478 g/mol. The van der Waals surface area contributed by atoms with Gasteiger partial charge in [0.15, 0.2) is 5.78 Å². The zero-order valence-corrected chi connectivity index (χ0v) is 21.6. The highest BCUT2D eigenvalue weighted by atomic mass is 16.5. The summed E-state index contributed by atoms with van der Waals surface area (Å²) in [5.74, 6) is -2.74. The average Bonchev–Trinajstić information content (AvgIpc) is 3.42. The van der Waals surface area contributed by atoms with Gasteiger partial charge in [-0.05, 0) is 57.5 Å². The van der Waals surface area contributed by atoms with Gasteiger partial charge in [0, 0.05) is 28.4 Å². The van der Waals surface area contributed by atoms with E-state index in [2.05, 4.69) is 5.32 Å². The van der Waals surface area contributed by atoms with Crippen molar-refractivity contribution in [2.45, 2.75) is 39.0 Å². The number of hydrogen-bond donors (Lipinski definition) is 1. The summed E-state index contributed by atoms with van der Waals surface area (Å²) in [5.41, 5.74) is 2.26. The third kappa shape index (κ3) is 4.73. The number of allylic oxidation sites excluding steroid dienone is 3. The molecule has 0 saturated heterocycles. The summed E-state index contributed by atoms with van der Waals surface area (Å²) >= 11 is 0. The van der Waals surface area contributed by atoms with Crippen molar-refractivity contribution in [1.29, 1.82) is 0 Å². The third-order valence-electron chi connectivity index (χ3n) is 6.71. The summed E-state index contributed by atoms with van der Waals surface area (Å²) in [6.07, 6.45) is 1.81. The van der Waals surface area contributed by atoms with E-state index in [9.17, 15) is 14.4 Å². The van der Waals surface area contributed by atoms with Gasteiger partial charge in [-0.1, -0.05) is 0 Å². The van der Waals surface area contributed by atoms with E-state index in [1.54, 1.807) is 51.1 Å². The van der Waals surface area contributed by atoms with Gasteiger partial charge in [0.25, 0.3) is 0 Å². The molecule has 9 heteroatoms. The summed E-state index contributed by atoms with van der Waals surface area (Å²) in [6.45, 7) is 5.45. The number of Topliss-reactive ketones (excluding diaryl/α,β-unsaturated/α-hetero) is 1. The van der Waals surface area contributed by atoms with Gasteiger partial charge >= 0.3 is 11.9 Å². The molecule has 1 aromatic carbocycles. The van der Waals surface area contributed by atoms with Gasteiger partial charge in [-0.3, -0.25) is 9.59 Å². The van der Waals surface area contributed by atoms with E-state index in [4.69, 9.17) is 23.4 Å². The maximum atomic E-state index is 14.3. The lowest BCUT2D eigenvalue weighted by Crippen LogP contribution is -2.43. The van der Waals surface area contributed by atoms with Crippen LogP contribution in [0.1, 0.15) is 50.4 Å². The Balaban J connectivity index is 1.95. The summed E-state index contributed by atoms with van der Waals surface area (Å²) in [7, 11) is 3.04. The molecule has 0 radical (unpaired) electrons. The minimum Gasteiger partial charge on any atom is -0.497 e. The summed E-state index contributed by atoms with van der Waals surface area (Å²) in [4.78, 5) is 40.7. The summed E-state index contributed by atoms with van der Waals surface area (Å²) in [5, 5.41) is 3.26. The molecule has 37 heavy (non-hydrogen) atoms. The maximum absolute atomic E-state index is 14.3. The zero-order valence-electron chi connectivity index (χ0n) is 21.6. The molecule has 1 aliphatic carbocycles. The fourth-order valence-corrected chi connectivity index (χ4v) is 5.16. The van der Waals surface area contributed by atoms with Crippen LogP contribution in [-0.2, 0) is 23.9 Å². The van der Waals surface area contributed by atoms with Crippen LogP contribution in [-0.4, -0.2) is 45.2 Å². The van der Waals surface area contributed by atoms with Crippen molar-refractivity contribution < 1.29 is 37.7 Å². The van der Waals surface area contributed by atoms with Gasteiger partial charge in [-0.25, -0.2) is 4.79 Å². The molecule has 1 aromatic heterocycles. The Hall–Kier alpha value is -4.01. The van der Waals surface area contributed by atoms with Crippen LogP contribution in [0.2, 0.25) is 0 Å². The minimum absolute atomic E-state index is 0.123. The van der Waals surface area contributed by atoms with E-state index >= 15 is 0 Å². The van der Waals surface area contributed by atoms with Crippen LogP contribution in [0.4, 0.5) is 0 Å². The Morgan fingerprint density at radius 1 is 1.08 bits per heavy atom. The molecule has 0 fully saturated rings. The van der Waals surface area contributed by atoms with Gasteiger partial charge in [-0.15, -0.1) is 0 Å². The van der Waals surface area contributed by atoms with E-state index in [1.807, 2.05) is 0 Å². The molecule has 0 bridgehead atoms. The number of dihydropyridines is 1. The van der Waals surface area contributed by atoms with Crippen LogP contribution < -0.4 is 14.8 Å². The fourth-order valence-electron chi connectivity index (χ4n) is 5.16. The van der Waals surface area contributed by atoms with Gasteiger partial charge in [0.2, 0.25) is 0 Å². The normalized spacial score (nSPS) is 21.2. The number of hydrogen-bond acceptors (Lipinski definition) is 9. The molecular formula is C28H31NO8. The topological polar surface area (TPSA) is 113 Å². The van der Waals surface area contributed by atoms with Crippen LogP contribution in [0.15, 0.2) is 63.6 Å². The number of carbonyl (C=O) groups is 3. The second-order valence-corrected chi connectivity index (χ2v) is 8.74. The van der Waals surface area contributed by atoms with E-state index in [1.165, 1.54) is 20.5 Å². The number of methoxy groups -OCH3 is 2. The second-order valence-electron chi connectivity index (χ2n) is 8.74. The standard InChI is InChI=1S/C28H31NO8/c1-6-35-27(31)22-15(3)29-19-14-18(21-9-8-12-37-21)24(28(32)36-7-2)26(30)25(19)23(22)17-13-16(33-4)10-11-20(17)34-5/h8-13,18,23-24,29H,6-7,14H2,1-5H3. The molecule has 9 nitrogen and oxygen atoms in total. The van der Waals surface area contributed by atoms with E-state index < -0.39 is 35.5 Å². The number of rotatable bonds is 8. The van der Waals surface area contributed by atoms with Crippen LogP contribution >= 0.6 is 0 Å². The monoisotopic (exact) mass is 509 g/mol. The highest BCUT2D eigenvalue weighted by Gasteiger charge is 2.50. The lowest BCUT2D eigenvalue weighted by Gasteiger charge is -2.39. The molecule has 0 spiro atoms. The first-order valence-corrected chi connectivity index (χ1v) is 12.2. The largest absolute Gasteiger partial charge is 0.497 e.